The van der Waals surface area contributed by atoms with E-state index in [2.05, 4.69) is 0 Å². The number of phenolic OH excluding ortho intramolecular Hbond substituents is 2. The van der Waals surface area contributed by atoms with Crippen molar-refractivity contribution in [3.8, 4) is 23.6 Å². The standard InChI is InChI=1S/C15H10N2O4S/c1-9-2-4-10(5-3-9)22(20,21)14-6-13(18)11(7-16)12(8-17)15(14)19/h2-6,18-19H,1H3. The second-order valence-corrected chi connectivity index (χ2v) is 6.45. The van der Waals surface area contributed by atoms with E-state index in [-0.39, 0.29) is 4.90 Å². The molecule has 2 aromatic carbocycles. The van der Waals surface area contributed by atoms with Crippen molar-refractivity contribution in [3.63, 3.8) is 0 Å². The van der Waals surface area contributed by atoms with Crippen LogP contribution >= 0.6 is 0 Å². The highest BCUT2D eigenvalue weighted by atomic mass is 32.2. The molecule has 0 spiro atoms. The molecule has 0 heterocycles. The van der Waals surface area contributed by atoms with E-state index in [9.17, 15) is 18.6 Å². The Labute approximate surface area is 127 Å². The zero-order valence-corrected chi connectivity index (χ0v) is 12.2. The van der Waals surface area contributed by atoms with E-state index in [1.54, 1.807) is 25.1 Å². The lowest BCUT2D eigenvalue weighted by atomic mass is 10.1. The van der Waals surface area contributed by atoms with Gasteiger partial charge in [0.15, 0.2) is 5.75 Å². The number of nitrogens with zero attached hydrogens (tertiary/aromatic N) is 2. The van der Waals surface area contributed by atoms with Gasteiger partial charge in [-0.1, -0.05) is 17.7 Å². The number of aryl methyl sites for hydroxylation is 1. The van der Waals surface area contributed by atoms with Crippen molar-refractivity contribution in [2.24, 2.45) is 0 Å². The molecule has 0 atom stereocenters. The number of hydrogen-bond donors (Lipinski definition) is 2. The molecule has 2 aromatic rings. The molecule has 22 heavy (non-hydrogen) atoms. The summed E-state index contributed by atoms with van der Waals surface area (Å²) in [6.07, 6.45) is 0. The van der Waals surface area contributed by atoms with Crippen LogP contribution in [0.2, 0.25) is 0 Å². The molecule has 0 aliphatic heterocycles. The lowest BCUT2D eigenvalue weighted by Gasteiger charge is -2.10. The van der Waals surface area contributed by atoms with Crippen LogP contribution in [-0.4, -0.2) is 18.6 Å². The summed E-state index contributed by atoms with van der Waals surface area (Å²) in [6.45, 7) is 1.79. The maximum atomic E-state index is 12.5. The van der Waals surface area contributed by atoms with E-state index in [0.29, 0.717) is 0 Å². The third-order valence-electron chi connectivity index (χ3n) is 3.09. The van der Waals surface area contributed by atoms with Crippen molar-refractivity contribution in [3.05, 3.63) is 47.0 Å². The second kappa shape index (κ2) is 5.40. The predicted octanol–water partition coefficient (Wildman–Crippen LogP) is 1.98. The van der Waals surface area contributed by atoms with Crippen LogP contribution in [0.15, 0.2) is 40.1 Å². The second-order valence-electron chi connectivity index (χ2n) is 4.53. The van der Waals surface area contributed by atoms with Gasteiger partial charge in [-0.05, 0) is 19.1 Å². The zero-order chi connectivity index (χ0) is 16.5. The normalized spacial score (nSPS) is 10.7. The molecule has 7 heteroatoms. The molecule has 0 amide bonds. The fraction of sp³-hybridized carbons (Fsp3) is 0.0667. The molecule has 0 fully saturated rings. The minimum absolute atomic E-state index is 0.0959. The van der Waals surface area contributed by atoms with Gasteiger partial charge in [0.25, 0.3) is 0 Å². The topological polar surface area (TPSA) is 122 Å². The first kappa shape index (κ1) is 15.4. The average molecular weight is 314 g/mol. The Hall–Kier alpha value is -3.03. The largest absolute Gasteiger partial charge is 0.506 e. The monoisotopic (exact) mass is 314 g/mol. The quantitative estimate of drug-likeness (QED) is 0.817. The van der Waals surface area contributed by atoms with Gasteiger partial charge in [0.05, 0.1) is 4.90 Å². The van der Waals surface area contributed by atoms with Crippen LogP contribution in [-0.2, 0) is 9.84 Å². The number of aromatic hydroxyl groups is 2. The fourth-order valence-electron chi connectivity index (χ4n) is 1.91. The van der Waals surface area contributed by atoms with Crippen LogP contribution < -0.4 is 0 Å². The van der Waals surface area contributed by atoms with Crippen molar-refractivity contribution in [2.45, 2.75) is 16.7 Å². The summed E-state index contributed by atoms with van der Waals surface area (Å²) in [5.41, 5.74) is -0.195. The molecule has 0 bridgehead atoms. The van der Waals surface area contributed by atoms with Crippen LogP contribution in [0.5, 0.6) is 11.5 Å². The molecule has 0 aromatic heterocycles. The SMILES string of the molecule is Cc1ccc(S(=O)(=O)c2cc(O)c(C#N)c(C#N)c2O)cc1. The van der Waals surface area contributed by atoms with Crippen LogP contribution in [0.3, 0.4) is 0 Å². The van der Waals surface area contributed by atoms with Gasteiger partial charge < -0.3 is 10.2 Å². The molecule has 0 aliphatic carbocycles. The smallest absolute Gasteiger partial charge is 0.210 e. The minimum atomic E-state index is -4.14. The number of benzene rings is 2. The Kier molecular flexibility index (Phi) is 3.77. The lowest BCUT2D eigenvalue weighted by molar-refractivity contribution is 0.442. The number of sulfone groups is 1. The minimum Gasteiger partial charge on any atom is -0.506 e. The van der Waals surface area contributed by atoms with E-state index in [1.807, 2.05) is 0 Å². The Morgan fingerprint density at radius 2 is 1.55 bits per heavy atom. The lowest BCUT2D eigenvalue weighted by Crippen LogP contribution is -2.04. The van der Waals surface area contributed by atoms with Gasteiger partial charge in [-0.2, -0.15) is 10.5 Å². The maximum absolute atomic E-state index is 12.5. The molecular weight excluding hydrogens is 304 g/mol. The first-order chi connectivity index (χ1) is 10.3. The van der Waals surface area contributed by atoms with Crippen molar-refractivity contribution < 1.29 is 18.6 Å². The molecule has 2 rings (SSSR count). The van der Waals surface area contributed by atoms with Gasteiger partial charge in [0, 0.05) is 6.07 Å². The molecule has 0 saturated heterocycles. The van der Waals surface area contributed by atoms with Crippen molar-refractivity contribution in [2.75, 3.05) is 0 Å². The van der Waals surface area contributed by atoms with E-state index < -0.39 is 37.4 Å². The highest BCUT2D eigenvalue weighted by molar-refractivity contribution is 7.91. The Morgan fingerprint density at radius 3 is 2.05 bits per heavy atom. The first-order valence-corrected chi connectivity index (χ1v) is 7.52. The van der Waals surface area contributed by atoms with Crippen molar-refractivity contribution in [1.82, 2.24) is 0 Å². The third-order valence-corrected chi connectivity index (χ3v) is 4.87. The van der Waals surface area contributed by atoms with Gasteiger partial charge in [-0.25, -0.2) is 8.42 Å². The van der Waals surface area contributed by atoms with Crippen LogP contribution in [0.25, 0.3) is 0 Å². The van der Waals surface area contributed by atoms with Crippen LogP contribution in [0, 0.1) is 29.6 Å². The van der Waals surface area contributed by atoms with Gasteiger partial charge in [0.1, 0.15) is 33.9 Å². The van der Waals surface area contributed by atoms with E-state index in [0.717, 1.165) is 11.6 Å². The molecule has 0 radical (unpaired) electrons. The number of nitriles is 2. The molecule has 110 valence electrons. The number of rotatable bonds is 2. The van der Waals surface area contributed by atoms with Crippen LogP contribution in [0.1, 0.15) is 16.7 Å². The zero-order valence-electron chi connectivity index (χ0n) is 11.4. The summed E-state index contributed by atoms with van der Waals surface area (Å²) < 4.78 is 25.0. The van der Waals surface area contributed by atoms with E-state index in [4.69, 9.17) is 10.5 Å². The van der Waals surface area contributed by atoms with Crippen molar-refractivity contribution in [1.29, 1.82) is 10.5 Å². The Bertz CT molecular complexity index is 933. The van der Waals surface area contributed by atoms with Crippen molar-refractivity contribution >= 4 is 9.84 Å². The summed E-state index contributed by atoms with van der Waals surface area (Å²) in [5, 5.41) is 37.6. The summed E-state index contributed by atoms with van der Waals surface area (Å²) in [4.78, 5) is -0.717. The molecule has 0 aliphatic rings. The molecule has 2 N–H and O–H groups in total. The van der Waals surface area contributed by atoms with E-state index >= 15 is 0 Å². The summed E-state index contributed by atoms with van der Waals surface area (Å²) in [5.74, 6) is -1.53. The molecular formula is C15H10N2O4S. The first-order valence-electron chi connectivity index (χ1n) is 6.03. The maximum Gasteiger partial charge on any atom is 0.210 e. The van der Waals surface area contributed by atoms with Gasteiger partial charge in [-0.3, -0.25) is 0 Å². The van der Waals surface area contributed by atoms with E-state index in [1.165, 1.54) is 18.2 Å². The number of phenols is 2. The van der Waals surface area contributed by atoms with Gasteiger partial charge in [-0.15, -0.1) is 0 Å². The van der Waals surface area contributed by atoms with Gasteiger partial charge >= 0.3 is 0 Å². The summed E-state index contributed by atoms with van der Waals surface area (Å²) >= 11 is 0. The highest BCUT2D eigenvalue weighted by Gasteiger charge is 2.27. The van der Waals surface area contributed by atoms with Gasteiger partial charge in [0.2, 0.25) is 9.84 Å². The Balaban J connectivity index is 2.78. The fourth-order valence-corrected chi connectivity index (χ4v) is 3.28. The highest BCUT2D eigenvalue weighted by Crippen LogP contribution is 2.37. The Morgan fingerprint density at radius 1 is 1.00 bits per heavy atom. The molecule has 6 nitrogen and oxygen atoms in total. The third kappa shape index (κ3) is 2.34. The number of hydrogen-bond acceptors (Lipinski definition) is 6. The summed E-state index contributed by atoms with van der Waals surface area (Å²) in [6, 6.07) is 9.72. The summed E-state index contributed by atoms with van der Waals surface area (Å²) in [7, 11) is -4.14. The molecule has 0 unspecified atom stereocenters. The average Bonchev–Trinajstić information content (AvgIpc) is 2.49. The molecule has 0 saturated carbocycles. The van der Waals surface area contributed by atoms with Crippen LogP contribution in [0.4, 0.5) is 0 Å². The predicted molar refractivity (Wildman–Crippen MR) is 75.8 cm³/mol.